The number of halogens is 2. The van der Waals surface area contributed by atoms with Crippen LogP contribution in [-0.2, 0) is 4.79 Å². The number of anilines is 1. The van der Waals surface area contributed by atoms with Gasteiger partial charge in [-0.25, -0.2) is 0 Å². The summed E-state index contributed by atoms with van der Waals surface area (Å²) in [6.45, 7) is -0.132. The molecule has 0 aromatic heterocycles. The Hall–Kier alpha value is -1.66. The van der Waals surface area contributed by atoms with Crippen LogP contribution in [0, 0.1) is 0 Å². The number of amides is 1. The summed E-state index contributed by atoms with van der Waals surface area (Å²) >= 11 is 6.62. The number of aldehydes is 1. The Kier molecular flexibility index (Phi) is 5.52. The van der Waals surface area contributed by atoms with Gasteiger partial charge in [0.05, 0.1) is 8.95 Å². The highest BCUT2D eigenvalue weighted by atomic mass is 79.9. The lowest BCUT2D eigenvalue weighted by atomic mass is 10.2. The van der Waals surface area contributed by atoms with Gasteiger partial charge in [-0.05, 0) is 56.1 Å². The molecule has 0 atom stereocenters. The van der Waals surface area contributed by atoms with E-state index in [1.165, 1.54) is 0 Å². The largest absolute Gasteiger partial charge is 0.481 e. The van der Waals surface area contributed by atoms with Crippen molar-refractivity contribution in [2.24, 2.45) is 0 Å². The Morgan fingerprint density at radius 1 is 1.14 bits per heavy atom. The second-order valence-corrected chi connectivity index (χ2v) is 5.84. The Bertz CT molecular complexity index is 636. The molecule has 0 heterocycles. The first kappa shape index (κ1) is 15.7. The third-order valence-corrected chi connectivity index (χ3v) is 3.74. The molecule has 0 saturated carbocycles. The Labute approximate surface area is 138 Å². The summed E-state index contributed by atoms with van der Waals surface area (Å²) in [7, 11) is 0. The SMILES string of the molecule is O=Cc1cc(Br)c(OCC(=O)Nc2ccccc2)c(Br)c1. The summed E-state index contributed by atoms with van der Waals surface area (Å²) in [4.78, 5) is 22.6. The molecule has 2 aromatic rings. The quantitative estimate of drug-likeness (QED) is 0.754. The van der Waals surface area contributed by atoms with Gasteiger partial charge in [-0.2, -0.15) is 0 Å². The number of para-hydroxylation sites is 1. The number of carbonyl (C=O) groups is 2. The average molecular weight is 413 g/mol. The van der Waals surface area contributed by atoms with Crippen LogP contribution in [-0.4, -0.2) is 18.8 Å². The van der Waals surface area contributed by atoms with Gasteiger partial charge in [-0.15, -0.1) is 0 Å². The van der Waals surface area contributed by atoms with Crippen LogP contribution >= 0.6 is 31.9 Å². The lowest BCUT2D eigenvalue weighted by Gasteiger charge is -2.11. The van der Waals surface area contributed by atoms with E-state index >= 15 is 0 Å². The predicted octanol–water partition coefficient (Wildman–Crippen LogP) is 4.04. The van der Waals surface area contributed by atoms with Crippen molar-refractivity contribution in [1.29, 1.82) is 0 Å². The van der Waals surface area contributed by atoms with Gasteiger partial charge in [-0.1, -0.05) is 18.2 Å². The van der Waals surface area contributed by atoms with Gasteiger partial charge in [-0.3, -0.25) is 9.59 Å². The molecule has 4 nitrogen and oxygen atoms in total. The van der Waals surface area contributed by atoms with Crippen LogP contribution in [0.4, 0.5) is 5.69 Å². The molecule has 0 radical (unpaired) electrons. The standard InChI is InChI=1S/C15H11Br2NO3/c16-12-6-10(8-19)7-13(17)15(12)21-9-14(20)18-11-4-2-1-3-5-11/h1-8H,9H2,(H,18,20). The van der Waals surface area contributed by atoms with E-state index in [1.54, 1.807) is 24.3 Å². The molecule has 0 aliphatic heterocycles. The molecule has 1 N–H and O–H groups in total. The number of ether oxygens (including phenoxy) is 1. The Morgan fingerprint density at radius 3 is 2.33 bits per heavy atom. The van der Waals surface area contributed by atoms with Crippen molar-refractivity contribution >= 4 is 49.7 Å². The van der Waals surface area contributed by atoms with Gasteiger partial charge in [0.15, 0.2) is 6.61 Å². The third-order valence-electron chi connectivity index (χ3n) is 2.56. The van der Waals surface area contributed by atoms with E-state index in [-0.39, 0.29) is 12.5 Å². The van der Waals surface area contributed by atoms with Crippen molar-refractivity contribution in [3.8, 4) is 5.75 Å². The Balaban J connectivity index is 2.00. The molecular formula is C15H11Br2NO3. The van der Waals surface area contributed by atoms with Gasteiger partial charge in [0.25, 0.3) is 5.91 Å². The fourth-order valence-corrected chi connectivity index (χ4v) is 3.09. The van der Waals surface area contributed by atoms with Gasteiger partial charge in [0.2, 0.25) is 0 Å². The lowest BCUT2D eigenvalue weighted by molar-refractivity contribution is -0.118. The molecule has 2 aromatic carbocycles. The molecule has 0 bridgehead atoms. The van der Waals surface area contributed by atoms with Gasteiger partial charge >= 0.3 is 0 Å². The molecule has 0 spiro atoms. The zero-order chi connectivity index (χ0) is 15.2. The Morgan fingerprint density at radius 2 is 1.76 bits per heavy atom. The highest BCUT2D eigenvalue weighted by Gasteiger charge is 2.11. The minimum atomic E-state index is -0.264. The average Bonchev–Trinajstić information content (AvgIpc) is 2.47. The summed E-state index contributed by atoms with van der Waals surface area (Å²) in [6.07, 6.45) is 0.738. The number of hydrogen-bond acceptors (Lipinski definition) is 3. The second-order valence-electron chi connectivity index (χ2n) is 4.13. The summed E-state index contributed by atoms with van der Waals surface area (Å²) in [6, 6.07) is 12.4. The van der Waals surface area contributed by atoms with E-state index in [4.69, 9.17) is 4.74 Å². The summed E-state index contributed by atoms with van der Waals surface area (Å²) in [5.41, 5.74) is 1.22. The maximum atomic E-state index is 11.8. The number of benzene rings is 2. The highest BCUT2D eigenvalue weighted by molar-refractivity contribution is 9.11. The first-order valence-corrected chi connectivity index (χ1v) is 7.60. The fraction of sp³-hybridized carbons (Fsp3) is 0.0667. The summed E-state index contributed by atoms with van der Waals surface area (Å²) in [5.74, 6) is 0.211. The van der Waals surface area contributed by atoms with Crippen LogP contribution < -0.4 is 10.1 Å². The van der Waals surface area contributed by atoms with Gasteiger partial charge < -0.3 is 10.1 Å². The molecule has 0 fully saturated rings. The molecule has 1 amide bonds. The van der Waals surface area contributed by atoms with Crippen LogP contribution in [0.2, 0.25) is 0 Å². The van der Waals surface area contributed by atoms with E-state index in [9.17, 15) is 9.59 Å². The monoisotopic (exact) mass is 411 g/mol. The van der Waals surface area contributed by atoms with Crippen molar-refractivity contribution in [1.82, 2.24) is 0 Å². The molecule has 21 heavy (non-hydrogen) atoms. The third kappa shape index (κ3) is 4.41. The zero-order valence-electron chi connectivity index (χ0n) is 10.8. The first-order chi connectivity index (χ1) is 10.1. The smallest absolute Gasteiger partial charge is 0.262 e. The fourth-order valence-electron chi connectivity index (χ4n) is 1.64. The molecule has 0 aliphatic carbocycles. The summed E-state index contributed by atoms with van der Waals surface area (Å²) < 4.78 is 6.69. The number of rotatable bonds is 5. The highest BCUT2D eigenvalue weighted by Crippen LogP contribution is 2.34. The summed E-state index contributed by atoms with van der Waals surface area (Å²) in [5, 5.41) is 2.72. The topological polar surface area (TPSA) is 55.4 Å². The second kappa shape index (κ2) is 7.38. The number of nitrogens with one attached hydrogen (secondary N) is 1. The molecule has 0 aliphatic rings. The molecular weight excluding hydrogens is 402 g/mol. The van der Waals surface area contributed by atoms with E-state index in [0.717, 1.165) is 6.29 Å². The molecule has 0 saturated heterocycles. The lowest BCUT2D eigenvalue weighted by Crippen LogP contribution is -2.20. The minimum absolute atomic E-state index is 0.132. The van der Waals surface area contributed by atoms with Crippen molar-refractivity contribution in [2.75, 3.05) is 11.9 Å². The van der Waals surface area contributed by atoms with Crippen molar-refractivity contribution in [3.63, 3.8) is 0 Å². The molecule has 2 rings (SSSR count). The maximum Gasteiger partial charge on any atom is 0.262 e. The number of hydrogen-bond donors (Lipinski definition) is 1. The van der Waals surface area contributed by atoms with Gasteiger partial charge in [0.1, 0.15) is 12.0 Å². The van der Waals surface area contributed by atoms with Gasteiger partial charge in [0, 0.05) is 11.3 Å². The maximum absolute atomic E-state index is 11.8. The molecule has 6 heteroatoms. The van der Waals surface area contributed by atoms with E-state index in [0.29, 0.717) is 25.9 Å². The van der Waals surface area contributed by atoms with E-state index in [1.807, 2.05) is 18.2 Å². The van der Waals surface area contributed by atoms with Crippen LogP contribution in [0.25, 0.3) is 0 Å². The van der Waals surface area contributed by atoms with Crippen molar-refractivity contribution in [3.05, 3.63) is 57.0 Å². The van der Waals surface area contributed by atoms with Crippen LogP contribution in [0.15, 0.2) is 51.4 Å². The van der Waals surface area contributed by atoms with E-state index < -0.39 is 0 Å². The molecule has 0 unspecified atom stereocenters. The predicted molar refractivity (Wildman–Crippen MR) is 87.8 cm³/mol. The van der Waals surface area contributed by atoms with Crippen LogP contribution in [0.3, 0.4) is 0 Å². The first-order valence-electron chi connectivity index (χ1n) is 6.02. The van der Waals surface area contributed by atoms with Crippen molar-refractivity contribution in [2.45, 2.75) is 0 Å². The molecule has 108 valence electrons. The minimum Gasteiger partial charge on any atom is -0.481 e. The van der Waals surface area contributed by atoms with E-state index in [2.05, 4.69) is 37.2 Å². The van der Waals surface area contributed by atoms with Crippen molar-refractivity contribution < 1.29 is 14.3 Å². The zero-order valence-corrected chi connectivity index (χ0v) is 14.0. The van der Waals surface area contributed by atoms with Crippen LogP contribution in [0.1, 0.15) is 10.4 Å². The van der Waals surface area contributed by atoms with Crippen LogP contribution in [0.5, 0.6) is 5.75 Å². The normalized spacial score (nSPS) is 10.0. The number of carbonyl (C=O) groups excluding carboxylic acids is 2.